The van der Waals surface area contributed by atoms with Crippen molar-refractivity contribution in [1.29, 1.82) is 0 Å². The van der Waals surface area contributed by atoms with Crippen LogP contribution >= 0.6 is 0 Å². The molecule has 19 heavy (non-hydrogen) atoms. The summed E-state index contributed by atoms with van der Waals surface area (Å²) in [6.45, 7) is 7.94. The molecule has 2 N–H and O–H groups in total. The Bertz CT molecular complexity index is 435. The van der Waals surface area contributed by atoms with Gasteiger partial charge in [0, 0.05) is 19.0 Å². The average Bonchev–Trinajstić information content (AvgIpc) is 2.38. The van der Waals surface area contributed by atoms with E-state index in [1.54, 1.807) is 27.0 Å². The zero-order valence-corrected chi connectivity index (χ0v) is 12.2. The molecule has 0 saturated heterocycles. The second-order valence-electron chi connectivity index (χ2n) is 4.52. The molecular formula is C13H22N4O2. The molecule has 1 heterocycles. The first-order valence-electron chi connectivity index (χ1n) is 6.47. The highest BCUT2D eigenvalue weighted by Gasteiger charge is 2.15. The maximum atomic E-state index is 11.6. The molecule has 0 aliphatic rings. The summed E-state index contributed by atoms with van der Waals surface area (Å²) in [6.07, 6.45) is 0. The van der Waals surface area contributed by atoms with Crippen molar-refractivity contribution in [3.8, 4) is 0 Å². The highest BCUT2D eigenvalue weighted by Crippen LogP contribution is 2.17. The van der Waals surface area contributed by atoms with E-state index in [0.717, 1.165) is 11.6 Å². The van der Waals surface area contributed by atoms with Crippen LogP contribution in [0.3, 0.4) is 0 Å². The van der Waals surface area contributed by atoms with E-state index >= 15 is 0 Å². The van der Waals surface area contributed by atoms with Gasteiger partial charge in [-0.2, -0.15) is 0 Å². The SMILES string of the molecule is CCOC(=O)C(C)Nc1cc(NC)nc(C(C)C)n1. The molecule has 0 radical (unpaired) electrons. The first-order valence-corrected chi connectivity index (χ1v) is 6.47. The van der Waals surface area contributed by atoms with Crippen molar-refractivity contribution in [1.82, 2.24) is 9.97 Å². The number of ether oxygens (including phenoxy) is 1. The standard InChI is InChI=1S/C13H22N4O2/c1-6-19-13(18)9(4)15-11-7-10(14-5)16-12(17-11)8(2)3/h7-9H,6H2,1-5H3,(H2,14,15,16,17). The van der Waals surface area contributed by atoms with E-state index in [1.165, 1.54) is 0 Å². The Labute approximate surface area is 114 Å². The summed E-state index contributed by atoms with van der Waals surface area (Å²) >= 11 is 0. The third kappa shape index (κ3) is 4.39. The second kappa shape index (κ2) is 6.92. The van der Waals surface area contributed by atoms with E-state index in [2.05, 4.69) is 20.6 Å². The lowest BCUT2D eigenvalue weighted by Gasteiger charge is -2.15. The van der Waals surface area contributed by atoms with Crippen molar-refractivity contribution >= 4 is 17.6 Å². The molecule has 0 amide bonds. The minimum Gasteiger partial charge on any atom is -0.464 e. The predicted molar refractivity (Wildman–Crippen MR) is 75.4 cm³/mol. The quantitative estimate of drug-likeness (QED) is 0.767. The van der Waals surface area contributed by atoms with E-state index < -0.39 is 6.04 Å². The van der Waals surface area contributed by atoms with E-state index in [-0.39, 0.29) is 11.9 Å². The molecule has 1 rings (SSSR count). The zero-order chi connectivity index (χ0) is 14.4. The fourth-order valence-corrected chi connectivity index (χ4v) is 1.47. The summed E-state index contributed by atoms with van der Waals surface area (Å²) in [4.78, 5) is 20.3. The summed E-state index contributed by atoms with van der Waals surface area (Å²) in [6, 6.07) is 1.32. The van der Waals surface area contributed by atoms with E-state index in [4.69, 9.17) is 4.74 Å². The highest BCUT2D eigenvalue weighted by atomic mass is 16.5. The minimum atomic E-state index is -0.445. The average molecular weight is 266 g/mol. The molecule has 0 spiro atoms. The van der Waals surface area contributed by atoms with Crippen LogP contribution in [0.4, 0.5) is 11.6 Å². The van der Waals surface area contributed by atoms with Crippen LogP contribution < -0.4 is 10.6 Å². The molecule has 0 aromatic carbocycles. The number of carbonyl (C=O) groups is 1. The van der Waals surface area contributed by atoms with Gasteiger partial charge in [-0.3, -0.25) is 0 Å². The molecule has 106 valence electrons. The lowest BCUT2D eigenvalue weighted by atomic mass is 10.2. The fourth-order valence-electron chi connectivity index (χ4n) is 1.47. The molecule has 1 unspecified atom stereocenters. The van der Waals surface area contributed by atoms with Gasteiger partial charge in [-0.05, 0) is 13.8 Å². The molecule has 6 nitrogen and oxygen atoms in total. The van der Waals surface area contributed by atoms with Crippen LogP contribution in [0.25, 0.3) is 0 Å². The molecule has 1 aromatic rings. The number of aromatic nitrogens is 2. The number of carbonyl (C=O) groups excluding carboxylic acids is 1. The summed E-state index contributed by atoms with van der Waals surface area (Å²) in [7, 11) is 1.80. The molecule has 1 aromatic heterocycles. The van der Waals surface area contributed by atoms with Gasteiger partial charge >= 0.3 is 5.97 Å². The van der Waals surface area contributed by atoms with Gasteiger partial charge in [0.2, 0.25) is 0 Å². The van der Waals surface area contributed by atoms with E-state index in [0.29, 0.717) is 12.4 Å². The number of rotatable bonds is 6. The number of nitrogens with zero attached hydrogens (tertiary/aromatic N) is 2. The van der Waals surface area contributed by atoms with Gasteiger partial charge < -0.3 is 15.4 Å². The summed E-state index contributed by atoms with van der Waals surface area (Å²) in [5.74, 6) is 1.98. The number of hydrogen-bond donors (Lipinski definition) is 2. The molecule has 1 atom stereocenters. The Kier molecular flexibility index (Phi) is 5.54. The fraction of sp³-hybridized carbons (Fsp3) is 0.615. The van der Waals surface area contributed by atoms with Crippen molar-refractivity contribution in [2.45, 2.75) is 39.7 Å². The maximum absolute atomic E-state index is 11.6. The van der Waals surface area contributed by atoms with Crippen molar-refractivity contribution in [2.24, 2.45) is 0 Å². The monoisotopic (exact) mass is 266 g/mol. The maximum Gasteiger partial charge on any atom is 0.328 e. The normalized spacial score (nSPS) is 12.1. The van der Waals surface area contributed by atoms with Gasteiger partial charge in [0.1, 0.15) is 23.5 Å². The smallest absolute Gasteiger partial charge is 0.328 e. The van der Waals surface area contributed by atoms with Crippen molar-refractivity contribution < 1.29 is 9.53 Å². The lowest BCUT2D eigenvalue weighted by Crippen LogP contribution is -2.28. The third-order valence-electron chi connectivity index (χ3n) is 2.52. The van der Waals surface area contributed by atoms with Gasteiger partial charge in [-0.1, -0.05) is 13.8 Å². The number of esters is 1. The van der Waals surface area contributed by atoms with Crippen LogP contribution in [0.5, 0.6) is 0 Å². The lowest BCUT2D eigenvalue weighted by molar-refractivity contribution is -0.143. The minimum absolute atomic E-state index is 0.215. The summed E-state index contributed by atoms with van der Waals surface area (Å²) in [5.41, 5.74) is 0. The second-order valence-corrected chi connectivity index (χ2v) is 4.52. The van der Waals surface area contributed by atoms with Crippen molar-refractivity contribution in [3.05, 3.63) is 11.9 Å². The molecule has 0 aliphatic carbocycles. The van der Waals surface area contributed by atoms with Crippen LogP contribution in [0.15, 0.2) is 6.07 Å². The van der Waals surface area contributed by atoms with E-state index in [1.807, 2.05) is 13.8 Å². The topological polar surface area (TPSA) is 76.1 Å². The van der Waals surface area contributed by atoms with E-state index in [9.17, 15) is 4.79 Å². The van der Waals surface area contributed by atoms with Crippen LogP contribution in [0, 0.1) is 0 Å². The molecule has 6 heteroatoms. The van der Waals surface area contributed by atoms with Gasteiger partial charge in [0.15, 0.2) is 0 Å². The summed E-state index contributed by atoms with van der Waals surface area (Å²) in [5, 5.41) is 6.01. The molecule has 0 saturated carbocycles. The Morgan fingerprint density at radius 3 is 2.47 bits per heavy atom. The van der Waals surface area contributed by atoms with Crippen molar-refractivity contribution in [2.75, 3.05) is 24.3 Å². The first-order chi connectivity index (χ1) is 8.97. The largest absolute Gasteiger partial charge is 0.464 e. The van der Waals surface area contributed by atoms with Gasteiger partial charge in [0.25, 0.3) is 0 Å². The van der Waals surface area contributed by atoms with Crippen molar-refractivity contribution in [3.63, 3.8) is 0 Å². The predicted octanol–water partition coefficient (Wildman–Crippen LogP) is 2.01. The van der Waals surface area contributed by atoms with Crippen LogP contribution in [0.1, 0.15) is 39.4 Å². The number of anilines is 2. The van der Waals surface area contributed by atoms with Gasteiger partial charge in [-0.25, -0.2) is 14.8 Å². The number of nitrogens with one attached hydrogen (secondary N) is 2. The molecule has 0 fully saturated rings. The molecule has 0 bridgehead atoms. The Morgan fingerprint density at radius 2 is 1.95 bits per heavy atom. The Balaban J connectivity index is 2.88. The van der Waals surface area contributed by atoms with Crippen LogP contribution in [-0.2, 0) is 9.53 Å². The third-order valence-corrected chi connectivity index (χ3v) is 2.52. The van der Waals surface area contributed by atoms with Gasteiger partial charge in [0.05, 0.1) is 6.61 Å². The zero-order valence-electron chi connectivity index (χ0n) is 12.2. The van der Waals surface area contributed by atoms with Gasteiger partial charge in [-0.15, -0.1) is 0 Å². The summed E-state index contributed by atoms with van der Waals surface area (Å²) < 4.78 is 4.95. The van der Waals surface area contributed by atoms with Crippen LogP contribution in [0.2, 0.25) is 0 Å². The number of hydrogen-bond acceptors (Lipinski definition) is 6. The molecule has 0 aliphatic heterocycles. The Morgan fingerprint density at radius 1 is 1.32 bits per heavy atom. The Hall–Kier alpha value is -1.85. The first kappa shape index (κ1) is 15.2. The molecular weight excluding hydrogens is 244 g/mol. The highest BCUT2D eigenvalue weighted by molar-refractivity contribution is 5.78. The van der Waals surface area contributed by atoms with Crippen LogP contribution in [-0.4, -0.2) is 35.6 Å².